The molecule has 1 atom stereocenters. The van der Waals surface area contributed by atoms with Crippen molar-refractivity contribution in [3.05, 3.63) is 53.6 Å². The number of hydrogen-bond acceptors (Lipinski definition) is 6. The lowest BCUT2D eigenvalue weighted by Gasteiger charge is -2.32. The number of carboxylic acid groups (broad SMARTS) is 1. The van der Waals surface area contributed by atoms with Gasteiger partial charge in [0.15, 0.2) is 18.1 Å². The van der Waals surface area contributed by atoms with Gasteiger partial charge in [0.25, 0.3) is 0 Å². The van der Waals surface area contributed by atoms with Crippen molar-refractivity contribution in [1.82, 2.24) is 4.90 Å². The fraction of sp³-hybridized carbons (Fsp3) is 0.481. The summed E-state index contributed by atoms with van der Waals surface area (Å²) >= 11 is 0. The number of rotatable bonds is 14. The van der Waals surface area contributed by atoms with Crippen molar-refractivity contribution in [2.45, 2.75) is 38.5 Å². The Morgan fingerprint density at radius 2 is 1.76 bits per heavy atom. The maximum atomic E-state index is 10.6. The van der Waals surface area contributed by atoms with Crippen LogP contribution in [0.25, 0.3) is 0 Å². The first-order valence-electron chi connectivity index (χ1n) is 11.5. The molecule has 0 radical (unpaired) electrons. The van der Waals surface area contributed by atoms with Crippen molar-refractivity contribution in [3.8, 4) is 23.3 Å². The van der Waals surface area contributed by atoms with Crippen LogP contribution in [-0.2, 0) is 16.6 Å². The Morgan fingerprint density at radius 3 is 2.32 bits per heavy atom. The van der Waals surface area contributed by atoms with E-state index >= 15 is 0 Å². The summed E-state index contributed by atoms with van der Waals surface area (Å²) in [6, 6.07) is 15.9. The molecule has 0 saturated carbocycles. The minimum Gasteiger partial charge on any atom is -0.493 e. The number of hydrogen-bond donors (Lipinski definition) is 1. The predicted octanol–water partition coefficient (Wildman–Crippen LogP) is 4.54. The second kappa shape index (κ2) is 12.9. The summed E-state index contributed by atoms with van der Waals surface area (Å²) in [4.78, 5) is 12.9. The van der Waals surface area contributed by atoms with Gasteiger partial charge in [-0.25, -0.2) is 4.79 Å². The zero-order valence-corrected chi connectivity index (χ0v) is 20.8. The van der Waals surface area contributed by atoms with Crippen molar-refractivity contribution in [2.75, 3.05) is 41.0 Å². The van der Waals surface area contributed by atoms with Crippen LogP contribution in [0.5, 0.6) is 17.2 Å². The van der Waals surface area contributed by atoms with E-state index in [9.17, 15) is 10.1 Å². The largest absolute Gasteiger partial charge is 0.493 e. The Labute approximate surface area is 202 Å². The molecule has 34 heavy (non-hydrogen) atoms. The van der Waals surface area contributed by atoms with Crippen LogP contribution < -0.4 is 14.2 Å². The molecular formula is C27H36N2O5. The number of benzene rings is 2. The van der Waals surface area contributed by atoms with E-state index in [0.29, 0.717) is 17.2 Å². The van der Waals surface area contributed by atoms with Crippen LogP contribution in [0, 0.1) is 17.2 Å². The quantitative estimate of drug-likeness (QED) is 0.435. The third-order valence-corrected chi connectivity index (χ3v) is 6.26. The average molecular weight is 469 g/mol. The van der Waals surface area contributed by atoms with Crippen LogP contribution in [0.4, 0.5) is 0 Å². The summed E-state index contributed by atoms with van der Waals surface area (Å²) in [5.74, 6) is 0.994. The van der Waals surface area contributed by atoms with Crippen LogP contribution in [0.2, 0.25) is 0 Å². The van der Waals surface area contributed by atoms with Gasteiger partial charge in [-0.3, -0.25) is 0 Å². The van der Waals surface area contributed by atoms with Gasteiger partial charge in [0.2, 0.25) is 0 Å². The normalized spacial score (nSPS) is 12.8. The maximum Gasteiger partial charge on any atom is 0.341 e. The van der Waals surface area contributed by atoms with Crippen LogP contribution >= 0.6 is 0 Å². The number of nitrogens with zero attached hydrogens (tertiary/aromatic N) is 2. The molecule has 0 aliphatic heterocycles. The molecule has 0 fully saturated rings. The molecule has 1 N–H and O–H groups in total. The maximum absolute atomic E-state index is 10.6. The van der Waals surface area contributed by atoms with E-state index in [-0.39, 0.29) is 12.5 Å². The van der Waals surface area contributed by atoms with Crippen LogP contribution in [0.3, 0.4) is 0 Å². The molecule has 0 saturated heterocycles. The van der Waals surface area contributed by atoms with E-state index in [4.69, 9.17) is 19.3 Å². The van der Waals surface area contributed by atoms with E-state index in [2.05, 4.69) is 31.9 Å². The molecule has 0 aromatic heterocycles. The molecular weight excluding hydrogens is 432 g/mol. The molecule has 0 spiro atoms. The molecule has 2 aromatic carbocycles. The fourth-order valence-corrected chi connectivity index (χ4v) is 4.09. The summed E-state index contributed by atoms with van der Waals surface area (Å²) in [5.41, 5.74) is 1.51. The standard InChI is InChI=1S/C27H36N2O5/c1-20(2)27(19-28,22-9-12-24(32-4)25(17-22)33-5)14-6-15-29(3)16-13-21-7-10-23(11-8-21)34-18-26(30)31/h7-12,17,20H,6,13-16,18H2,1-5H3,(H,30,31). The molecule has 0 aliphatic carbocycles. The van der Waals surface area contributed by atoms with Crippen LogP contribution in [-0.4, -0.2) is 56.9 Å². The van der Waals surface area contributed by atoms with Crippen molar-refractivity contribution < 1.29 is 24.1 Å². The summed E-state index contributed by atoms with van der Waals surface area (Å²) in [6.45, 7) is 5.60. The van der Waals surface area contributed by atoms with Gasteiger partial charge in [0.1, 0.15) is 5.75 Å². The number of ether oxygens (including phenoxy) is 3. The molecule has 0 aliphatic rings. The lowest BCUT2D eigenvalue weighted by molar-refractivity contribution is -0.139. The highest BCUT2D eigenvalue weighted by Crippen LogP contribution is 2.40. The van der Waals surface area contributed by atoms with Crippen molar-refractivity contribution in [3.63, 3.8) is 0 Å². The minimum atomic E-state index is -0.991. The molecule has 2 rings (SSSR count). The minimum absolute atomic E-state index is 0.141. The van der Waals surface area contributed by atoms with Gasteiger partial charge in [-0.05, 0) is 74.2 Å². The third kappa shape index (κ3) is 7.13. The van der Waals surface area contributed by atoms with E-state index < -0.39 is 11.4 Å². The number of carboxylic acids is 1. The van der Waals surface area contributed by atoms with Gasteiger partial charge in [0.05, 0.1) is 25.7 Å². The lowest BCUT2D eigenvalue weighted by atomic mass is 9.69. The summed E-state index contributed by atoms with van der Waals surface area (Å²) in [7, 11) is 5.30. The second-order valence-electron chi connectivity index (χ2n) is 8.79. The molecule has 0 amide bonds. The fourth-order valence-electron chi connectivity index (χ4n) is 4.09. The van der Waals surface area contributed by atoms with E-state index in [1.54, 1.807) is 26.4 Å². The topological polar surface area (TPSA) is 92.0 Å². The van der Waals surface area contributed by atoms with Gasteiger partial charge in [-0.1, -0.05) is 32.0 Å². The SMILES string of the molecule is COc1ccc(C(C#N)(CCCN(C)CCc2ccc(OCC(=O)O)cc2)C(C)C)cc1OC. The van der Waals surface area contributed by atoms with Crippen molar-refractivity contribution in [2.24, 2.45) is 5.92 Å². The first kappa shape index (κ1) is 27.0. The van der Waals surface area contributed by atoms with Gasteiger partial charge in [0, 0.05) is 6.54 Å². The monoisotopic (exact) mass is 468 g/mol. The Morgan fingerprint density at radius 1 is 1.09 bits per heavy atom. The molecule has 184 valence electrons. The van der Waals surface area contributed by atoms with Crippen molar-refractivity contribution >= 4 is 5.97 Å². The number of nitriles is 1. The predicted molar refractivity (Wildman–Crippen MR) is 132 cm³/mol. The molecule has 7 heteroatoms. The first-order valence-corrected chi connectivity index (χ1v) is 11.5. The van der Waals surface area contributed by atoms with Gasteiger partial charge in [-0.15, -0.1) is 0 Å². The van der Waals surface area contributed by atoms with E-state index in [1.165, 1.54) is 0 Å². The Kier molecular flexibility index (Phi) is 10.2. The summed E-state index contributed by atoms with van der Waals surface area (Å²) in [6.07, 6.45) is 2.51. The number of methoxy groups -OCH3 is 2. The molecule has 7 nitrogen and oxygen atoms in total. The first-order chi connectivity index (χ1) is 16.2. The van der Waals surface area contributed by atoms with Gasteiger partial charge < -0.3 is 24.2 Å². The second-order valence-corrected chi connectivity index (χ2v) is 8.79. The Hall–Kier alpha value is -3.24. The highest BCUT2D eigenvalue weighted by Gasteiger charge is 2.36. The third-order valence-electron chi connectivity index (χ3n) is 6.26. The highest BCUT2D eigenvalue weighted by molar-refractivity contribution is 5.68. The zero-order valence-electron chi connectivity index (χ0n) is 20.8. The lowest BCUT2D eigenvalue weighted by Crippen LogP contribution is -2.32. The number of aliphatic carboxylic acids is 1. The van der Waals surface area contributed by atoms with Crippen molar-refractivity contribution in [1.29, 1.82) is 5.26 Å². The van der Waals surface area contributed by atoms with Crippen LogP contribution in [0.1, 0.15) is 37.8 Å². The van der Waals surface area contributed by atoms with E-state index in [0.717, 1.165) is 43.5 Å². The van der Waals surface area contributed by atoms with Gasteiger partial charge in [-0.2, -0.15) is 5.26 Å². The molecule has 2 aromatic rings. The smallest absolute Gasteiger partial charge is 0.341 e. The molecule has 0 heterocycles. The summed E-state index contributed by atoms with van der Waals surface area (Å²) < 4.78 is 16.0. The zero-order chi connectivity index (χ0) is 25.1. The number of likely N-dealkylation sites (N-methyl/N-ethyl adjacent to an activating group) is 1. The Balaban J connectivity index is 1.94. The number of carbonyl (C=O) groups is 1. The molecule has 1 unspecified atom stereocenters. The average Bonchev–Trinajstić information content (AvgIpc) is 2.84. The van der Waals surface area contributed by atoms with Crippen LogP contribution in [0.15, 0.2) is 42.5 Å². The molecule has 0 bridgehead atoms. The summed E-state index contributed by atoms with van der Waals surface area (Å²) in [5, 5.41) is 18.9. The van der Waals surface area contributed by atoms with Gasteiger partial charge >= 0.3 is 5.97 Å². The van der Waals surface area contributed by atoms with E-state index in [1.807, 2.05) is 30.3 Å². The Bertz CT molecular complexity index is 968. The highest BCUT2D eigenvalue weighted by atomic mass is 16.5.